The van der Waals surface area contributed by atoms with E-state index >= 15 is 0 Å². The van der Waals surface area contributed by atoms with E-state index in [1.807, 2.05) is 0 Å². The molecule has 4 rings (SSSR count). The third kappa shape index (κ3) is 12.2. The number of hydrogen-bond acceptors (Lipinski definition) is 6. The van der Waals surface area contributed by atoms with E-state index in [-0.39, 0.29) is 0 Å². The smallest absolute Gasteiger partial charge is 0.0809 e. The van der Waals surface area contributed by atoms with Gasteiger partial charge in [0, 0.05) is 0 Å². The van der Waals surface area contributed by atoms with Gasteiger partial charge in [-0.15, -0.1) is 59.3 Å². The van der Waals surface area contributed by atoms with Gasteiger partial charge in [0.05, 0.1) is 0 Å². The van der Waals surface area contributed by atoms with E-state index in [0.717, 1.165) is 0 Å². The van der Waals surface area contributed by atoms with Crippen molar-refractivity contribution in [3.05, 3.63) is 84.9 Å². The Labute approximate surface area is 217 Å². The van der Waals surface area contributed by atoms with E-state index in [4.69, 9.17) is 25.9 Å². The van der Waals surface area contributed by atoms with Gasteiger partial charge in [-0.05, 0) is 0 Å². The summed E-state index contributed by atoms with van der Waals surface area (Å²) < 4.78 is 121. The third-order valence-corrected chi connectivity index (χ3v) is 4.80. The van der Waals surface area contributed by atoms with Crippen molar-refractivity contribution in [3.8, 4) is 0 Å². The molecule has 0 aliphatic heterocycles. The molecule has 0 aromatic heterocycles. The fourth-order valence-electron chi connectivity index (χ4n) is 2.14. The molecule has 6 nitrogen and oxygen atoms in total. The van der Waals surface area contributed by atoms with E-state index < -0.39 is 31.3 Å². The van der Waals surface area contributed by atoms with Gasteiger partial charge in [-0.3, -0.25) is 0 Å². The Morgan fingerprint density at radius 1 is 0.611 bits per heavy atom. The summed E-state index contributed by atoms with van der Waals surface area (Å²) in [6.45, 7) is 0. The minimum atomic E-state index is -6.09. The quantitative estimate of drug-likeness (QED) is 0.114. The van der Waals surface area contributed by atoms with Crippen molar-refractivity contribution in [2.24, 2.45) is 0 Å². The van der Waals surface area contributed by atoms with Crippen LogP contribution in [0.3, 0.4) is 0 Å². The van der Waals surface area contributed by atoms with Crippen LogP contribution in [-0.4, -0.2) is 41.2 Å². The fourth-order valence-corrected chi connectivity index (χ4v) is 2.14. The van der Waals surface area contributed by atoms with Crippen LogP contribution in [-0.2, 0) is 44.5 Å². The van der Waals surface area contributed by atoms with E-state index in [2.05, 4.69) is 89.1 Å². The minimum absolute atomic E-state index is 1.30. The van der Waals surface area contributed by atoms with Crippen LogP contribution in [0.2, 0.25) is 0 Å². The molecule has 0 heterocycles. The Bertz CT molecular complexity index is 1240. The predicted molar refractivity (Wildman–Crippen MR) is 118 cm³/mol. The second-order valence-electron chi connectivity index (χ2n) is 6.11. The first-order valence-corrected chi connectivity index (χ1v) is 13.6. The van der Waals surface area contributed by atoms with Crippen LogP contribution in [0, 0.1) is 0 Å². The second kappa shape index (κ2) is 14.5. The van der Waals surface area contributed by atoms with Crippen LogP contribution in [0.25, 0.3) is 21.5 Å². The van der Waals surface area contributed by atoms with Gasteiger partial charge in [0.2, 0.25) is 0 Å². The molecular formula is C21H16F6O6S2Zr-2. The second-order valence-corrected chi connectivity index (χ2v) is 8.85. The molecule has 0 spiro atoms. The maximum Gasteiger partial charge on any atom is -0.0809 e. The maximum absolute atomic E-state index is 10.7. The summed E-state index contributed by atoms with van der Waals surface area (Å²) in [5.74, 6) is 0. The topological polar surface area (TPSA) is 114 Å². The molecule has 0 aliphatic carbocycles. The Morgan fingerprint density at radius 3 is 1.08 bits per heavy atom. The number of halogens is 6. The molecule has 15 heteroatoms. The standard InChI is InChI=1S/2C9H7.2CHF3O3S.CH2.Zr/c2*1-2-5-9-7-3-6-8(9)4-1;2*2-1(3,4)8(5,6)7;;/h2*1-7H;2*(H,5,6,7);1H2;/q2*-1;;;;+2/p-2. The van der Waals surface area contributed by atoms with Crippen LogP contribution in [0.4, 0.5) is 26.3 Å². The molecule has 196 valence electrons. The van der Waals surface area contributed by atoms with Crippen LogP contribution in [0.5, 0.6) is 0 Å². The van der Waals surface area contributed by atoms with E-state index in [1.165, 1.54) is 45.8 Å². The molecule has 0 bridgehead atoms. The predicted octanol–water partition coefficient (Wildman–Crippen LogP) is 5.19. The molecule has 0 saturated heterocycles. The molecule has 0 unspecified atom stereocenters. The van der Waals surface area contributed by atoms with Gasteiger partial charge < -0.3 is 9.11 Å². The number of fused-ring (bicyclic) bond motifs is 2. The Balaban J connectivity index is 0.000000445. The molecule has 0 saturated carbocycles. The van der Waals surface area contributed by atoms with Gasteiger partial charge in [0.15, 0.2) is 20.2 Å². The normalized spacial score (nSPS) is 11.5. The molecule has 36 heavy (non-hydrogen) atoms. The molecule has 0 aliphatic rings. The van der Waals surface area contributed by atoms with Crippen LogP contribution >= 0.6 is 0 Å². The van der Waals surface area contributed by atoms with Crippen molar-refractivity contribution in [3.63, 3.8) is 0 Å². The minimum Gasteiger partial charge on any atom is -0.168 e. The number of hydrogen-bond donors (Lipinski definition) is 0. The van der Waals surface area contributed by atoms with Gasteiger partial charge >= 0.3 is 39.5 Å². The molecule has 0 N–H and O–H groups in total. The van der Waals surface area contributed by atoms with E-state index in [9.17, 15) is 26.3 Å². The SMILES string of the molecule is O=S(=O)([O-])C(F)(F)F.O=S(=O)([O-])C(F)(F)F.[CH2]=[Zr+2].c1ccc2[cH-]ccc2c1.c1ccc2[cH-]ccc2c1. The van der Waals surface area contributed by atoms with Crippen LogP contribution in [0.15, 0.2) is 84.9 Å². The average molecular weight is 634 g/mol. The number of benzene rings is 2. The zero-order valence-corrected chi connectivity index (χ0v) is 21.9. The van der Waals surface area contributed by atoms with Crippen molar-refractivity contribution < 1.29 is 76.5 Å². The zero-order chi connectivity index (χ0) is 28.2. The third-order valence-electron chi connectivity index (χ3n) is 3.66. The summed E-state index contributed by atoms with van der Waals surface area (Å²) in [7, 11) is -12.2. The summed E-state index contributed by atoms with van der Waals surface area (Å²) in [6.07, 6.45) is 0. The van der Waals surface area contributed by atoms with Gasteiger partial charge in [-0.1, -0.05) is 12.1 Å². The Kier molecular flexibility index (Phi) is 13.6. The van der Waals surface area contributed by atoms with Crippen LogP contribution in [0.1, 0.15) is 0 Å². The van der Waals surface area contributed by atoms with Gasteiger partial charge in [-0.2, -0.15) is 61.4 Å². The average Bonchev–Trinajstić information content (AvgIpc) is 3.43. The van der Waals surface area contributed by atoms with Crippen molar-refractivity contribution in [2.45, 2.75) is 11.0 Å². The maximum atomic E-state index is 10.7. The van der Waals surface area contributed by atoms with Gasteiger partial charge in [-0.25, -0.2) is 16.8 Å². The van der Waals surface area contributed by atoms with Crippen molar-refractivity contribution in [1.82, 2.24) is 0 Å². The van der Waals surface area contributed by atoms with Crippen LogP contribution < -0.4 is 0 Å². The van der Waals surface area contributed by atoms with Crippen molar-refractivity contribution in [2.75, 3.05) is 0 Å². The number of alkyl halides is 6. The molecule has 0 atom stereocenters. The van der Waals surface area contributed by atoms with E-state index in [1.54, 1.807) is 0 Å². The summed E-state index contributed by atoms with van der Waals surface area (Å²) in [4.78, 5) is 0. The first kappa shape index (κ1) is 33.8. The summed E-state index contributed by atoms with van der Waals surface area (Å²) >= 11 is 1.30. The van der Waals surface area contributed by atoms with Gasteiger partial charge in [0.1, 0.15) is 0 Å². The summed E-state index contributed by atoms with van der Waals surface area (Å²) in [5, 5.41) is 5.32. The van der Waals surface area contributed by atoms with E-state index in [0.29, 0.717) is 0 Å². The molecule has 0 amide bonds. The number of rotatable bonds is 0. The first-order valence-electron chi connectivity index (χ1n) is 9.04. The summed E-state index contributed by atoms with van der Waals surface area (Å²) in [6, 6.07) is 29.3. The molecule has 4 aromatic carbocycles. The Morgan fingerprint density at radius 2 is 0.861 bits per heavy atom. The van der Waals surface area contributed by atoms with Gasteiger partial charge in [0.25, 0.3) is 0 Å². The zero-order valence-electron chi connectivity index (χ0n) is 17.8. The monoisotopic (exact) mass is 632 g/mol. The summed E-state index contributed by atoms with van der Waals surface area (Å²) in [5.41, 5.74) is -11.3. The molecular weight excluding hydrogens is 618 g/mol. The van der Waals surface area contributed by atoms with Crippen molar-refractivity contribution in [1.29, 1.82) is 0 Å². The molecule has 0 radical (unpaired) electrons. The molecule has 4 aromatic rings. The molecule has 0 fully saturated rings. The fraction of sp³-hybridized carbons (Fsp3) is 0.0952. The Hall–Kier alpha value is -2.19. The first-order chi connectivity index (χ1) is 16.4. The largest absolute Gasteiger partial charge is 0.168 e. The van der Waals surface area contributed by atoms with Crippen molar-refractivity contribution >= 4 is 46.0 Å².